The Kier molecular flexibility index (Phi) is 24.7. The number of hydrogen-bond acceptors (Lipinski definition) is 20. The van der Waals surface area contributed by atoms with Crippen molar-refractivity contribution >= 4 is 137 Å². The quantitative estimate of drug-likeness (QED) is 0.0238. The Bertz CT molecular complexity index is 5430. The van der Waals surface area contributed by atoms with Crippen LogP contribution in [0.3, 0.4) is 0 Å². The summed E-state index contributed by atoms with van der Waals surface area (Å²) in [6.07, 6.45) is -0.199. The number of nitrogens with zero attached hydrogens (tertiary/aromatic N) is 8. The fourth-order valence-electron chi connectivity index (χ4n) is 14.7. The van der Waals surface area contributed by atoms with Crippen LogP contribution in [0.5, 0.6) is 0 Å². The molecule has 32 nitrogen and oxygen atoms in total. The van der Waals surface area contributed by atoms with E-state index in [1.54, 1.807) is 121 Å². The van der Waals surface area contributed by atoms with E-state index in [0.29, 0.717) is 22.3 Å². The Morgan fingerprint density at radius 1 is 0.246 bits per heavy atom. The van der Waals surface area contributed by atoms with E-state index < -0.39 is 115 Å². The summed E-state index contributed by atoms with van der Waals surface area (Å²) in [6.45, 7) is 0. The summed E-state index contributed by atoms with van der Waals surface area (Å²) in [5.41, 5.74) is 2.30. The molecule has 0 spiro atoms. The Hall–Kier alpha value is -15.0. The van der Waals surface area contributed by atoms with Crippen molar-refractivity contribution in [2.75, 3.05) is 0 Å². The summed E-state index contributed by atoms with van der Waals surface area (Å²) in [6, 6.07) is 56.5. The number of nitro groups is 4. The van der Waals surface area contributed by atoms with Crippen LogP contribution in [0.4, 0.5) is 22.7 Å². The molecule has 118 heavy (non-hydrogen) atoms. The van der Waals surface area contributed by atoms with Gasteiger partial charge in [0.15, 0.2) is 0 Å². The SMILES string of the molecule is O=C(O)[C@H](Cc1ccccc1)N1C(=O)c2cccc3c([N+](=O)[O-])ccc(c23)C1=O.O=C(O)[C@H](Cc1ccccc1)N1C(=O)c2cccc3c([N+](=O)[O-])ccc(c23)C1=O.O=C(O)[C@H](Cc1ccccc1)N1C(=O)c2cccc3c([N+](=O)[O-])ccc(c23)C1=O.O=C(O)[C@H](Cc1ccccc1)N1C(=O)c2cccc3c([N+](=O)[O-])ccc(c23)C1=O.[Rh].[Rh]. The molecular formula is C84H56N8O24Rh2. The van der Waals surface area contributed by atoms with Crippen molar-refractivity contribution in [3.8, 4) is 0 Å². The van der Waals surface area contributed by atoms with Gasteiger partial charge in [-0.3, -0.25) is 98.4 Å². The number of rotatable bonds is 20. The molecular weight excluding hydrogens is 1710 g/mol. The summed E-state index contributed by atoms with van der Waals surface area (Å²) >= 11 is 0. The third kappa shape index (κ3) is 15.8. The third-order valence-electron chi connectivity index (χ3n) is 19.9. The first-order valence-electron chi connectivity index (χ1n) is 35.0. The number of hydrogen-bond donors (Lipinski definition) is 4. The van der Waals surface area contributed by atoms with Crippen LogP contribution in [-0.4, -0.2) is 155 Å². The van der Waals surface area contributed by atoms with Gasteiger partial charge < -0.3 is 20.4 Å². The van der Waals surface area contributed by atoms with Crippen LogP contribution >= 0.6 is 0 Å². The van der Waals surface area contributed by atoms with E-state index >= 15 is 0 Å². The normalized spacial score (nSPS) is 13.9. The maximum atomic E-state index is 13.1. The van der Waals surface area contributed by atoms with Crippen molar-refractivity contribution in [1.82, 2.24) is 19.6 Å². The van der Waals surface area contributed by atoms with Gasteiger partial charge in [0.1, 0.15) is 24.2 Å². The minimum absolute atomic E-state index is 0. The molecule has 4 heterocycles. The van der Waals surface area contributed by atoms with Gasteiger partial charge in [-0.15, -0.1) is 0 Å². The topological polar surface area (TPSA) is 471 Å². The van der Waals surface area contributed by atoms with Gasteiger partial charge in [0, 0.05) is 155 Å². The fourth-order valence-corrected chi connectivity index (χ4v) is 14.7. The number of imide groups is 4. The first kappa shape index (κ1) is 83.9. The second-order valence-electron chi connectivity index (χ2n) is 26.6. The van der Waals surface area contributed by atoms with E-state index in [-0.39, 0.29) is 175 Å². The number of nitro benzene ring substituents is 4. The molecule has 12 aromatic rings. The second-order valence-corrected chi connectivity index (χ2v) is 26.6. The molecule has 8 amide bonds. The first-order valence-corrected chi connectivity index (χ1v) is 35.0. The average Bonchev–Trinajstić information content (AvgIpc) is 0.750. The van der Waals surface area contributed by atoms with E-state index in [4.69, 9.17) is 0 Å². The first-order chi connectivity index (χ1) is 55.6. The molecule has 16 rings (SSSR count). The van der Waals surface area contributed by atoms with Crippen molar-refractivity contribution in [3.63, 3.8) is 0 Å². The van der Waals surface area contributed by atoms with Crippen LogP contribution in [0.15, 0.2) is 243 Å². The largest absolute Gasteiger partial charge is 0.480 e. The van der Waals surface area contributed by atoms with Crippen LogP contribution in [0, 0.1) is 40.5 Å². The molecule has 0 saturated carbocycles. The molecule has 594 valence electrons. The molecule has 12 aromatic carbocycles. The number of non-ortho nitro benzene ring substituents is 4. The molecule has 4 aliphatic heterocycles. The Labute approximate surface area is 688 Å². The van der Waals surface area contributed by atoms with Crippen LogP contribution < -0.4 is 0 Å². The second kappa shape index (κ2) is 34.7. The number of carbonyl (C=O) groups is 12. The van der Waals surface area contributed by atoms with E-state index in [1.165, 1.54) is 121 Å². The summed E-state index contributed by atoms with van der Waals surface area (Å²) in [5, 5.41) is 85.6. The summed E-state index contributed by atoms with van der Waals surface area (Å²) in [4.78, 5) is 199. The zero-order chi connectivity index (χ0) is 82.8. The smallest absolute Gasteiger partial charge is 0.327 e. The number of carbonyl (C=O) groups excluding carboxylic acids is 8. The van der Waals surface area contributed by atoms with Gasteiger partial charge in [-0.25, -0.2) is 19.2 Å². The maximum Gasteiger partial charge on any atom is 0.327 e. The predicted octanol–water partition coefficient (Wildman–Crippen LogP) is 12.2. The molecule has 0 aliphatic carbocycles. The van der Waals surface area contributed by atoms with Crippen molar-refractivity contribution in [2.24, 2.45) is 0 Å². The van der Waals surface area contributed by atoms with Gasteiger partial charge in [0.25, 0.3) is 70.0 Å². The molecule has 2 radical (unpaired) electrons. The minimum atomic E-state index is -1.41. The molecule has 0 bridgehead atoms. The molecule has 0 saturated heterocycles. The van der Waals surface area contributed by atoms with Crippen molar-refractivity contribution < 1.29 is 137 Å². The van der Waals surface area contributed by atoms with E-state index in [1.807, 2.05) is 0 Å². The van der Waals surface area contributed by atoms with Crippen LogP contribution in [0.2, 0.25) is 0 Å². The molecule has 0 aromatic heterocycles. The number of benzene rings is 12. The van der Waals surface area contributed by atoms with E-state index in [2.05, 4.69) is 0 Å². The molecule has 4 aliphatic rings. The zero-order valence-electron chi connectivity index (χ0n) is 60.4. The standard InChI is InChI=1S/4C21H14N2O6.2Rh/c4*24-19-14-8-4-7-13-16(23(28)29)10-9-15(18(13)14)20(25)22(19)17(21(26)27)11-12-5-2-1-3-6-12;;/h4*1-10,17H,11H2,(H,26,27);;/t4*17-;;/m0000../s1. The molecule has 34 heteroatoms. The van der Waals surface area contributed by atoms with Crippen LogP contribution in [-0.2, 0) is 83.8 Å². The number of carboxylic acids is 4. The summed E-state index contributed by atoms with van der Waals surface area (Å²) in [7, 11) is 0. The molecule has 0 fully saturated rings. The summed E-state index contributed by atoms with van der Waals surface area (Å²) in [5.74, 6) is -11.5. The zero-order valence-corrected chi connectivity index (χ0v) is 63.7. The van der Waals surface area contributed by atoms with Crippen LogP contribution in [0.1, 0.15) is 105 Å². The third-order valence-corrected chi connectivity index (χ3v) is 19.9. The minimum Gasteiger partial charge on any atom is -0.480 e. The fraction of sp³-hybridized carbons (Fsp3) is 0.0952. The predicted molar refractivity (Wildman–Crippen MR) is 411 cm³/mol. The van der Waals surface area contributed by atoms with Crippen molar-refractivity contribution in [2.45, 2.75) is 49.9 Å². The Morgan fingerprint density at radius 2 is 0.407 bits per heavy atom. The number of carboxylic acid groups (broad SMARTS) is 4. The van der Waals surface area contributed by atoms with Crippen LogP contribution in [0.25, 0.3) is 43.1 Å². The monoisotopic (exact) mass is 1770 g/mol. The number of amides is 8. The van der Waals surface area contributed by atoms with Gasteiger partial charge in [-0.05, 0) is 95.1 Å². The van der Waals surface area contributed by atoms with Gasteiger partial charge in [-0.2, -0.15) is 0 Å². The van der Waals surface area contributed by atoms with Crippen molar-refractivity contribution in [1.29, 1.82) is 0 Å². The summed E-state index contributed by atoms with van der Waals surface area (Å²) < 4.78 is 0. The van der Waals surface area contributed by atoms with Gasteiger partial charge in [0.2, 0.25) is 0 Å². The van der Waals surface area contributed by atoms with Gasteiger partial charge in [0.05, 0.1) is 41.2 Å². The Morgan fingerprint density at radius 3 is 0.559 bits per heavy atom. The van der Waals surface area contributed by atoms with Gasteiger partial charge in [-0.1, -0.05) is 146 Å². The van der Waals surface area contributed by atoms with E-state index in [0.717, 1.165) is 19.6 Å². The van der Waals surface area contributed by atoms with Gasteiger partial charge >= 0.3 is 23.9 Å². The molecule has 0 unspecified atom stereocenters. The van der Waals surface area contributed by atoms with E-state index in [9.17, 15) is 118 Å². The maximum absolute atomic E-state index is 13.1. The Balaban J connectivity index is 0.000000153. The average molecular weight is 1770 g/mol. The molecule has 4 atom stereocenters. The number of aliphatic carboxylic acids is 4. The molecule has 4 N–H and O–H groups in total. The van der Waals surface area contributed by atoms with Crippen molar-refractivity contribution in [3.05, 3.63) is 350 Å².